The van der Waals surface area contributed by atoms with Crippen LogP contribution in [0.15, 0.2) is 34.0 Å². The van der Waals surface area contributed by atoms with E-state index in [0.717, 1.165) is 23.3 Å². The van der Waals surface area contributed by atoms with Gasteiger partial charge in [-0.3, -0.25) is 4.72 Å². The van der Waals surface area contributed by atoms with Crippen molar-refractivity contribution in [2.24, 2.45) is 0 Å². The summed E-state index contributed by atoms with van der Waals surface area (Å²) in [7, 11) is -3.95. The van der Waals surface area contributed by atoms with Crippen molar-refractivity contribution < 1.29 is 18.3 Å². The SMILES string of the molecule is CCc1cccc(NS(=O)(=O)c2scnc2C(=O)O)c1. The summed E-state index contributed by atoms with van der Waals surface area (Å²) in [6.07, 6.45) is 0.774. The minimum atomic E-state index is -3.95. The van der Waals surface area contributed by atoms with Crippen molar-refractivity contribution in [2.45, 2.75) is 17.6 Å². The molecule has 0 aliphatic heterocycles. The van der Waals surface area contributed by atoms with E-state index in [2.05, 4.69) is 9.71 Å². The van der Waals surface area contributed by atoms with E-state index in [1.54, 1.807) is 18.2 Å². The summed E-state index contributed by atoms with van der Waals surface area (Å²) < 4.78 is 26.4. The number of anilines is 1. The maximum Gasteiger partial charge on any atom is 0.356 e. The average Bonchev–Trinajstić information content (AvgIpc) is 2.88. The van der Waals surface area contributed by atoms with E-state index >= 15 is 0 Å². The number of thiazole rings is 1. The summed E-state index contributed by atoms with van der Waals surface area (Å²) in [4.78, 5) is 14.5. The van der Waals surface area contributed by atoms with E-state index < -0.39 is 21.7 Å². The highest BCUT2D eigenvalue weighted by Gasteiger charge is 2.25. The van der Waals surface area contributed by atoms with Crippen LogP contribution in [0.3, 0.4) is 0 Å². The molecular weight excluding hydrogens is 300 g/mol. The zero-order valence-corrected chi connectivity index (χ0v) is 12.2. The lowest BCUT2D eigenvalue weighted by Gasteiger charge is -2.08. The van der Waals surface area contributed by atoms with Crippen LogP contribution in [-0.4, -0.2) is 24.5 Å². The van der Waals surface area contributed by atoms with Gasteiger partial charge in [0.25, 0.3) is 10.0 Å². The molecule has 0 saturated heterocycles. The van der Waals surface area contributed by atoms with E-state index in [4.69, 9.17) is 5.11 Å². The average molecular weight is 312 g/mol. The number of benzene rings is 1. The third-order valence-electron chi connectivity index (χ3n) is 2.57. The maximum atomic E-state index is 12.2. The van der Waals surface area contributed by atoms with Crippen LogP contribution < -0.4 is 4.72 Å². The van der Waals surface area contributed by atoms with Gasteiger partial charge in [-0.15, -0.1) is 11.3 Å². The standard InChI is InChI=1S/C12H12N2O4S2/c1-2-8-4-3-5-9(6-8)14-20(17,18)12-10(11(15)16)13-7-19-12/h3-7,14H,2H2,1H3,(H,15,16). The molecule has 8 heteroatoms. The minimum Gasteiger partial charge on any atom is -0.476 e. The lowest BCUT2D eigenvalue weighted by atomic mass is 10.1. The van der Waals surface area contributed by atoms with Crippen molar-refractivity contribution in [2.75, 3.05) is 4.72 Å². The summed E-state index contributed by atoms with van der Waals surface area (Å²) in [6.45, 7) is 1.96. The Balaban J connectivity index is 2.35. The lowest BCUT2D eigenvalue weighted by molar-refractivity contribution is 0.0687. The second kappa shape index (κ2) is 5.59. The normalized spacial score (nSPS) is 11.2. The van der Waals surface area contributed by atoms with Crippen molar-refractivity contribution in [3.63, 3.8) is 0 Å². The number of sulfonamides is 1. The van der Waals surface area contributed by atoms with Crippen LogP contribution in [-0.2, 0) is 16.4 Å². The molecule has 0 amide bonds. The Morgan fingerprint density at radius 1 is 1.45 bits per heavy atom. The molecule has 1 aromatic carbocycles. The van der Waals surface area contributed by atoms with Crippen LogP contribution in [0.2, 0.25) is 0 Å². The van der Waals surface area contributed by atoms with Gasteiger partial charge in [0.2, 0.25) is 0 Å². The number of nitrogens with zero attached hydrogens (tertiary/aromatic N) is 1. The fourth-order valence-electron chi connectivity index (χ4n) is 1.62. The number of hydrogen-bond acceptors (Lipinski definition) is 5. The minimum absolute atomic E-state index is 0.299. The van der Waals surface area contributed by atoms with Gasteiger partial charge in [-0.05, 0) is 24.1 Å². The molecule has 6 nitrogen and oxygen atoms in total. The number of aromatic nitrogens is 1. The fourth-order valence-corrected chi connectivity index (χ4v) is 3.82. The van der Waals surface area contributed by atoms with Crippen molar-refractivity contribution in [1.82, 2.24) is 4.98 Å². The molecule has 0 bridgehead atoms. The predicted molar refractivity (Wildman–Crippen MR) is 75.7 cm³/mol. The van der Waals surface area contributed by atoms with Crippen LogP contribution in [0.1, 0.15) is 23.0 Å². The highest BCUT2D eigenvalue weighted by molar-refractivity contribution is 7.94. The molecule has 0 fully saturated rings. The first-order chi connectivity index (χ1) is 9.44. The Labute approximate surface area is 120 Å². The zero-order valence-electron chi connectivity index (χ0n) is 10.5. The molecule has 1 heterocycles. The quantitative estimate of drug-likeness (QED) is 0.882. The van der Waals surface area contributed by atoms with Crippen LogP contribution >= 0.6 is 11.3 Å². The summed E-state index contributed by atoms with van der Waals surface area (Å²) in [6, 6.07) is 6.94. The molecule has 0 atom stereocenters. The van der Waals surface area contributed by atoms with Gasteiger partial charge in [-0.25, -0.2) is 18.2 Å². The van der Waals surface area contributed by atoms with Crippen LogP contribution in [0.25, 0.3) is 0 Å². The number of nitrogens with one attached hydrogen (secondary N) is 1. The molecule has 0 aliphatic carbocycles. The number of carboxylic acid groups (broad SMARTS) is 1. The maximum absolute atomic E-state index is 12.2. The summed E-state index contributed by atoms with van der Waals surface area (Å²) in [5, 5.41) is 8.92. The Morgan fingerprint density at radius 2 is 2.20 bits per heavy atom. The monoisotopic (exact) mass is 312 g/mol. The van der Waals surface area contributed by atoms with Crippen molar-refractivity contribution >= 4 is 33.0 Å². The van der Waals surface area contributed by atoms with Crippen LogP contribution in [0.5, 0.6) is 0 Å². The summed E-state index contributed by atoms with van der Waals surface area (Å²) in [5.74, 6) is -1.37. The molecule has 2 rings (SSSR count). The van der Waals surface area contributed by atoms with Crippen LogP contribution in [0, 0.1) is 0 Å². The Morgan fingerprint density at radius 3 is 2.85 bits per heavy atom. The molecular formula is C12H12N2O4S2. The van der Waals surface area contributed by atoms with Gasteiger partial charge < -0.3 is 5.11 Å². The predicted octanol–water partition coefficient (Wildman–Crippen LogP) is 2.20. The molecule has 20 heavy (non-hydrogen) atoms. The largest absolute Gasteiger partial charge is 0.476 e. The first-order valence-corrected chi connectivity index (χ1v) is 8.09. The zero-order chi connectivity index (χ0) is 14.8. The molecule has 106 valence electrons. The summed E-state index contributed by atoms with van der Waals surface area (Å²) in [5.41, 5.74) is 2.11. The summed E-state index contributed by atoms with van der Waals surface area (Å²) >= 11 is 0.772. The van der Waals surface area contributed by atoms with Crippen molar-refractivity contribution in [3.8, 4) is 0 Å². The highest BCUT2D eigenvalue weighted by atomic mass is 32.2. The Bertz CT molecular complexity index is 737. The van der Waals surface area contributed by atoms with Gasteiger partial charge in [0.05, 0.1) is 5.51 Å². The molecule has 0 unspecified atom stereocenters. The topological polar surface area (TPSA) is 96.4 Å². The van der Waals surface area contributed by atoms with Crippen molar-refractivity contribution in [3.05, 3.63) is 41.0 Å². The van der Waals surface area contributed by atoms with Crippen LogP contribution in [0.4, 0.5) is 5.69 Å². The van der Waals surface area contributed by atoms with Crippen molar-refractivity contribution in [1.29, 1.82) is 0 Å². The third kappa shape index (κ3) is 2.97. The molecule has 0 saturated carbocycles. The second-order valence-electron chi connectivity index (χ2n) is 3.95. The first-order valence-electron chi connectivity index (χ1n) is 5.72. The van der Waals surface area contributed by atoms with E-state index in [-0.39, 0.29) is 4.21 Å². The highest BCUT2D eigenvalue weighted by Crippen LogP contribution is 2.23. The lowest BCUT2D eigenvalue weighted by Crippen LogP contribution is -2.15. The molecule has 2 N–H and O–H groups in total. The number of hydrogen-bond donors (Lipinski definition) is 2. The molecule has 0 radical (unpaired) electrons. The Hall–Kier alpha value is -1.93. The van der Waals surface area contributed by atoms with E-state index in [1.165, 1.54) is 5.51 Å². The fraction of sp³-hybridized carbons (Fsp3) is 0.167. The van der Waals surface area contributed by atoms with Gasteiger partial charge in [-0.2, -0.15) is 0 Å². The third-order valence-corrected chi connectivity index (χ3v) is 5.32. The number of aromatic carboxylic acids is 1. The van der Waals surface area contributed by atoms with E-state index in [1.807, 2.05) is 13.0 Å². The number of carboxylic acids is 1. The van der Waals surface area contributed by atoms with E-state index in [0.29, 0.717) is 5.69 Å². The molecule has 0 spiro atoms. The van der Waals surface area contributed by atoms with Gasteiger partial charge in [0.15, 0.2) is 9.90 Å². The smallest absolute Gasteiger partial charge is 0.356 e. The molecule has 1 aromatic heterocycles. The molecule has 0 aliphatic rings. The number of aryl methyl sites for hydroxylation is 1. The Kier molecular flexibility index (Phi) is 4.05. The van der Waals surface area contributed by atoms with Gasteiger partial charge in [0, 0.05) is 5.69 Å². The van der Waals surface area contributed by atoms with Gasteiger partial charge in [0.1, 0.15) is 0 Å². The van der Waals surface area contributed by atoms with E-state index in [9.17, 15) is 13.2 Å². The second-order valence-corrected chi connectivity index (χ2v) is 6.69. The number of carbonyl (C=O) groups is 1. The first kappa shape index (κ1) is 14.5. The van der Waals surface area contributed by atoms with Gasteiger partial charge >= 0.3 is 5.97 Å². The molecule has 2 aromatic rings. The number of rotatable bonds is 5. The van der Waals surface area contributed by atoms with Gasteiger partial charge in [-0.1, -0.05) is 19.1 Å².